The van der Waals surface area contributed by atoms with Crippen molar-refractivity contribution in [1.82, 2.24) is 9.55 Å². The SMILES string of the molecule is Cc1ccc(SCc2nc(O)cn2C)cc1. The molecule has 1 aromatic heterocycles. The van der Waals surface area contributed by atoms with Gasteiger partial charge in [0.2, 0.25) is 5.88 Å². The van der Waals surface area contributed by atoms with E-state index in [1.165, 1.54) is 10.5 Å². The van der Waals surface area contributed by atoms with Crippen molar-refractivity contribution in [3.05, 3.63) is 41.9 Å². The molecule has 0 fully saturated rings. The van der Waals surface area contributed by atoms with Gasteiger partial charge in [0, 0.05) is 11.9 Å². The molecular formula is C12H14N2OS. The lowest BCUT2D eigenvalue weighted by Gasteiger charge is -2.02. The fraction of sp³-hybridized carbons (Fsp3) is 0.250. The Hall–Kier alpha value is -1.42. The topological polar surface area (TPSA) is 38.1 Å². The summed E-state index contributed by atoms with van der Waals surface area (Å²) in [5, 5.41) is 9.23. The Labute approximate surface area is 99.1 Å². The van der Waals surface area contributed by atoms with E-state index < -0.39 is 0 Å². The number of hydrogen-bond donors (Lipinski definition) is 1. The molecule has 4 heteroatoms. The number of thioether (sulfide) groups is 1. The van der Waals surface area contributed by atoms with E-state index in [9.17, 15) is 5.11 Å². The van der Waals surface area contributed by atoms with Crippen LogP contribution in [-0.4, -0.2) is 14.7 Å². The van der Waals surface area contributed by atoms with Gasteiger partial charge in [0.1, 0.15) is 5.82 Å². The molecule has 0 aliphatic carbocycles. The van der Waals surface area contributed by atoms with Gasteiger partial charge in [-0.3, -0.25) is 0 Å². The molecule has 2 rings (SSSR count). The molecule has 0 atom stereocenters. The van der Waals surface area contributed by atoms with Gasteiger partial charge < -0.3 is 9.67 Å². The fourth-order valence-corrected chi connectivity index (χ4v) is 2.30. The van der Waals surface area contributed by atoms with Crippen LogP contribution in [0.5, 0.6) is 5.88 Å². The van der Waals surface area contributed by atoms with Gasteiger partial charge in [-0.1, -0.05) is 17.7 Å². The molecule has 0 unspecified atom stereocenters. The Morgan fingerprint density at radius 1 is 1.31 bits per heavy atom. The summed E-state index contributed by atoms with van der Waals surface area (Å²) in [6, 6.07) is 8.39. The first-order valence-corrected chi connectivity index (χ1v) is 6.04. The highest BCUT2D eigenvalue weighted by atomic mass is 32.2. The van der Waals surface area contributed by atoms with Gasteiger partial charge in [0.15, 0.2) is 0 Å². The van der Waals surface area contributed by atoms with Crippen LogP contribution in [0.3, 0.4) is 0 Å². The zero-order chi connectivity index (χ0) is 11.5. The number of aryl methyl sites for hydroxylation is 2. The largest absolute Gasteiger partial charge is 0.492 e. The van der Waals surface area contributed by atoms with Crippen molar-refractivity contribution < 1.29 is 5.11 Å². The van der Waals surface area contributed by atoms with E-state index >= 15 is 0 Å². The van der Waals surface area contributed by atoms with Crippen molar-refractivity contribution >= 4 is 11.8 Å². The van der Waals surface area contributed by atoms with E-state index in [-0.39, 0.29) is 5.88 Å². The van der Waals surface area contributed by atoms with E-state index in [0.29, 0.717) is 0 Å². The molecule has 3 nitrogen and oxygen atoms in total. The molecule has 1 heterocycles. The molecule has 2 aromatic rings. The number of nitrogens with zero attached hydrogens (tertiary/aromatic N) is 2. The molecule has 0 saturated carbocycles. The summed E-state index contributed by atoms with van der Waals surface area (Å²) >= 11 is 1.72. The number of benzene rings is 1. The van der Waals surface area contributed by atoms with Crippen LogP contribution < -0.4 is 0 Å². The normalized spacial score (nSPS) is 10.6. The van der Waals surface area contributed by atoms with Crippen LogP contribution in [0.1, 0.15) is 11.4 Å². The molecule has 0 amide bonds. The van der Waals surface area contributed by atoms with Gasteiger partial charge in [0.05, 0.1) is 11.9 Å². The summed E-state index contributed by atoms with van der Waals surface area (Å²) in [7, 11) is 1.89. The maximum atomic E-state index is 9.23. The van der Waals surface area contributed by atoms with Gasteiger partial charge in [-0.05, 0) is 19.1 Å². The predicted molar refractivity (Wildman–Crippen MR) is 65.6 cm³/mol. The van der Waals surface area contributed by atoms with Crippen LogP contribution in [-0.2, 0) is 12.8 Å². The summed E-state index contributed by atoms with van der Waals surface area (Å²) in [5.74, 6) is 1.73. The fourth-order valence-electron chi connectivity index (χ4n) is 1.40. The summed E-state index contributed by atoms with van der Waals surface area (Å²) in [6.07, 6.45) is 1.62. The minimum absolute atomic E-state index is 0.0852. The van der Waals surface area contributed by atoms with Gasteiger partial charge in [-0.15, -0.1) is 11.8 Å². The van der Waals surface area contributed by atoms with E-state index in [4.69, 9.17) is 0 Å². The molecule has 1 N–H and O–H groups in total. The molecule has 84 valence electrons. The third-order valence-electron chi connectivity index (χ3n) is 2.35. The van der Waals surface area contributed by atoms with Crippen molar-refractivity contribution in [2.75, 3.05) is 0 Å². The third-order valence-corrected chi connectivity index (χ3v) is 3.36. The number of imidazole rings is 1. The Bertz CT molecular complexity index is 476. The minimum atomic E-state index is 0.0852. The second-order valence-corrected chi connectivity index (χ2v) is 4.78. The van der Waals surface area contributed by atoms with Crippen molar-refractivity contribution in [2.24, 2.45) is 7.05 Å². The first kappa shape index (κ1) is 11.1. The standard InChI is InChI=1S/C12H14N2OS/c1-9-3-5-10(6-4-9)16-8-11-13-12(15)7-14(11)2/h3-7,15H,8H2,1-2H3. The van der Waals surface area contributed by atoms with E-state index in [1.54, 1.807) is 18.0 Å². The van der Waals surface area contributed by atoms with Crippen LogP contribution in [0.4, 0.5) is 0 Å². The maximum Gasteiger partial charge on any atom is 0.229 e. The van der Waals surface area contributed by atoms with Crippen molar-refractivity contribution in [3.8, 4) is 5.88 Å². The summed E-state index contributed by atoms with van der Waals surface area (Å²) in [4.78, 5) is 5.26. The Morgan fingerprint density at radius 3 is 2.56 bits per heavy atom. The smallest absolute Gasteiger partial charge is 0.229 e. The molecule has 1 aromatic carbocycles. The Kier molecular flexibility index (Phi) is 3.19. The average molecular weight is 234 g/mol. The van der Waals surface area contributed by atoms with Crippen LogP contribution in [0.15, 0.2) is 35.4 Å². The lowest BCUT2D eigenvalue weighted by atomic mass is 10.2. The first-order valence-electron chi connectivity index (χ1n) is 5.06. The third kappa shape index (κ3) is 2.58. The zero-order valence-electron chi connectivity index (χ0n) is 9.34. The second-order valence-electron chi connectivity index (χ2n) is 3.73. The maximum absolute atomic E-state index is 9.23. The molecule has 0 spiro atoms. The molecule has 0 saturated heterocycles. The minimum Gasteiger partial charge on any atom is -0.492 e. The molecule has 0 aliphatic heterocycles. The van der Waals surface area contributed by atoms with Crippen molar-refractivity contribution in [3.63, 3.8) is 0 Å². The number of hydrogen-bond acceptors (Lipinski definition) is 3. The highest BCUT2D eigenvalue weighted by Crippen LogP contribution is 2.23. The van der Waals surface area contributed by atoms with Gasteiger partial charge in [0.25, 0.3) is 0 Å². The highest BCUT2D eigenvalue weighted by molar-refractivity contribution is 7.98. The lowest BCUT2D eigenvalue weighted by Crippen LogP contribution is -1.94. The highest BCUT2D eigenvalue weighted by Gasteiger charge is 2.04. The number of rotatable bonds is 3. The van der Waals surface area contributed by atoms with Crippen molar-refractivity contribution in [2.45, 2.75) is 17.6 Å². The Balaban J connectivity index is 2.02. The quantitative estimate of drug-likeness (QED) is 0.830. The molecule has 0 aliphatic rings. The van der Waals surface area contributed by atoms with Crippen LogP contribution >= 0.6 is 11.8 Å². The summed E-state index contributed by atoms with van der Waals surface area (Å²) in [6.45, 7) is 2.07. The van der Waals surface area contributed by atoms with E-state index in [1.807, 2.05) is 11.6 Å². The lowest BCUT2D eigenvalue weighted by molar-refractivity contribution is 0.455. The van der Waals surface area contributed by atoms with Crippen LogP contribution in [0, 0.1) is 6.92 Å². The zero-order valence-corrected chi connectivity index (χ0v) is 10.2. The molecule has 16 heavy (non-hydrogen) atoms. The van der Waals surface area contributed by atoms with Gasteiger partial charge >= 0.3 is 0 Å². The van der Waals surface area contributed by atoms with Gasteiger partial charge in [-0.2, -0.15) is 4.98 Å². The van der Waals surface area contributed by atoms with Crippen LogP contribution in [0.25, 0.3) is 0 Å². The summed E-state index contributed by atoms with van der Waals surface area (Å²) in [5.41, 5.74) is 1.26. The predicted octanol–water partition coefficient (Wildman–Crippen LogP) is 2.73. The number of aromatic nitrogens is 2. The van der Waals surface area contributed by atoms with Crippen molar-refractivity contribution in [1.29, 1.82) is 0 Å². The molecule has 0 radical (unpaired) electrons. The molecular weight excluding hydrogens is 220 g/mol. The second kappa shape index (κ2) is 4.61. The average Bonchev–Trinajstić information content (AvgIpc) is 2.57. The number of aromatic hydroxyl groups is 1. The monoisotopic (exact) mass is 234 g/mol. The Morgan fingerprint density at radius 2 is 2.00 bits per heavy atom. The van der Waals surface area contributed by atoms with Crippen LogP contribution in [0.2, 0.25) is 0 Å². The summed E-state index contributed by atoms with van der Waals surface area (Å²) < 4.78 is 1.84. The first-order chi connectivity index (χ1) is 7.65. The van der Waals surface area contributed by atoms with E-state index in [0.717, 1.165) is 11.6 Å². The van der Waals surface area contributed by atoms with Gasteiger partial charge in [-0.25, -0.2) is 0 Å². The van der Waals surface area contributed by atoms with E-state index in [2.05, 4.69) is 36.2 Å². The molecule has 0 bridgehead atoms.